The summed E-state index contributed by atoms with van der Waals surface area (Å²) in [6, 6.07) is 5.65. The summed E-state index contributed by atoms with van der Waals surface area (Å²) in [5.74, 6) is 0. The molecule has 1 aromatic rings. The lowest BCUT2D eigenvalue weighted by molar-refractivity contribution is 0.695. The van der Waals surface area contributed by atoms with Gasteiger partial charge in [0.2, 0.25) is 0 Å². The van der Waals surface area contributed by atoms with Crippen LogP contribution >= 0.6 is 23.2 Å². The molecule has 2 nitrogen and oxygen atoms in total. The molecule has 0 saturated carbocycles. The third kappa shape index (κ3) is 2.53. The van der Waals surface area contributed by atoms with Crippen molar-refractivity contribution in [3.05, 3.63) is 28.2 Å². The van der Waals surface area contributed by atoms with Crippen LogP contribution in [-0.4, -0.2) is 19.6 Å². The number of nitrogens with zero attached hydrogens (tertiary/aromatic N) is 1. The van der Waals surface area contributed by atoms with Crippen molar-refractivity contribution in [1.82, 2.24) is 0 Å². The topological polar surface area (TPSA) is 29.3 Å². The van der Waals surface area contributed by atoms with Crippen LogP contribution in [0.5, 0.6) is 0 Å². The van der Waals surface area contributed by atoms with Gasteiger partial charge in [-0.15, -0.1) is 0 Å². The Labute approximate surface area is 94.6 Å². The summed E-state index contributed by atoms with van der Waals surface area (Å²) in [6.07, 6.45) is 0. The molecular weight excluding hydrogens is 219 g/mol. The largest absolute Gasteiger partial charge is 0.369 e. The molecule has 0 saturated heterocycles. The lowest BCUT2D eigenvalue weighted by Gasteiger charge is -2.26. The summed E-state index contributed by atoms with van der Waals surface area (Å²) in [5.41, 5.74) is 6.49. The Balaban J connectivity index is 2.99. The fourth-order valence-corrected chi connectivity index (χ4v) is 1.57. The molecule has 0 aromatic heterocycles. The van der Waals surface area contributed by atoms with Crippen LogP contribution in [0, 0.1) is 0 Å². The van der Waals surface area contributed by atoms with Crippen LogP contribution in [0.3, 0.4) is 0 Å². The Morgan fingerprint density at radius 2 is 2.07 bits per heavy atom. The van der Waals surface area contributed by atoms with E-state index in [1.54, 1.807) is 12.1 Å². The van der Waals surface area contributed by atoms with Gasteiger partial charge in [-0.05, 0) is 25.1 Å². The van der Waals surface area contributed by atoms with Crippen molar-refractivity contribution >= 4 is 28.9 Å². The number of anilines is 1. The van der Waals surface area contributed by atoms with E-state index in [4.69, 9.17) is 28.9 Å². The highest BCUT2D eigenvalue weighted by Gasteiger charge is 2.11. The molecule has 1 rings (SSSR count). The molecule has 0 amide bonds. The predicted molar refractivity (Wildman–Crippen MR) is 63.4 cm³/mol. The highest BCUT2D eigenvalue weighted by Crippen LogP contribution is 2.29. The van der Waals surface area contributed by atoms with Gasteiger partial charge < -0.3 is 10.6 Å². The van der Waals surface area contributed by atoms with Crippen LogP contribution in [0.4, 0.5) is 5.69 Å². The first kappa shape index (κ1) is 11.6. The van der Waals surface area contributed by atoms with Gasteiger partial charge in [0.1, 0.15) is 0 Å². The highest BCUT2D eigenvalue weighted by molar-refractivity contribution is 6.35. The molecule has 78 valence electrons. The molecule has 0 aliphatic rings. The molecule has 1 unspecified atom stereocenters. The van der Waals surface area contributed by atoms with E-state index in [0.717, 1.165) is 5.69 Å². The summed E-state index contributed by atoms with van der Waals surface area (Å²) in [5, 5.41) is 1.37. The molecule has 0 spiro atoms. The van der Waals surface area contributed by atoms with Gasteiger partial charge in [-0.1, -0.05) is 23.2 Å². The molecule has 14 heavy (non-hydrogen) atoms. The average Bonchev–Trinajstić information content (AvgIpc) is 2.19. The highest BCUT2D eigenvalue weighted by atomic mass is 35.5. The van der Waals surface area contributed by atoms with Crippen LogP contribution in [-0.2, 0) is 0 Å². The summed E-state index contributed by atoms with van der Waals surface area (Å²) in [4.78, 5) is 2.02. The van der Waals surface area contributed by atoms with Crippen LogP contribution in [0.1, 0.15) is 6.92 Å². The van der Waals surface area contributed by atoms with Crippen molar-refractivity contribution in [3.63, 3.8) is 0 Å². The minimum absolute atomic E-state index is 0.242. The Hall–Kier alpha value is -0.440. The molecule has 2 N–H and O–H groups in total. The monoisotopic (exact) mass is 232 g/mol. The Morgan fingerprint density at radius 1 is 1.43 bits per heavy atom. The van der Waals surface area contributed by atoms with E-state index in [1.807, 2.05) is 24.9 Å². The second-order valence-electron chi connectivity index (χ2n) is 3.29. The SMILES string of the molecule is CC(CN)N(C)c1cc(Cl)ccc1Cl. The van der Waals surface area contributed by atoms with Gasteiger partial charge in [-0.25, -0.2) is 0 Å². The van der Waals surface area contributed by atoms with E-state index in [2.05, 4.69) is 0 Å². The third-order valence-corrected chi connectivity index (χ3v) is 2.85. The first-order valence-corrected chi connectivity index (χ1v) is 5.19. The van der Waals surface area contributed by atoms with Crippen molar-refractivity contribution in [1.29, 1.82) is 0 Å². The average molecular weight is 233 g/mol. The van der Waals surface area contributed by atoms with Crippen LogP contribution < -0.4 is 10.6 Å². The Morgan fingerprint density at radius 3 is 2.64 bits per heavy atom. The molecule has 0 bridgehead atoms. The van der Waals surface area contributed by atoms with Crippen molar-refractivity contribution < 1.29 is 0 Å². The molecule has 0 fully saturated rings. The summed E-state index contributed by atoms with van der Waals surface area (Å²) >= 11 is 11.9. The van der Waals surface area contributed by atoms with Gasteiger partial charge in [-0.3, -0.25) is 0 Å². The van der Waals surface area contributed by atoms with Gasteiger partial charge in [0.05, 0.1) is 10.7 Å². The Bertz CT molecular complexity index is 315. The standard InChI is InChI=1S/C10H14Cl2N2/c1-7(6-13)14(2)10-5-8(11)3-4-9(10)12/h3-5,7H,6,13H2,1-2H3. The zero-order valence-electron chi connectivity index (χ0n) is 8.30. The van der Waals surface area contributed by atoms with Gasteiger partial charge in [0, 0.05) is 24.7 Å². The number of benzene rings is 1. The minimum Gasteiger partial charge on any atom is -0.369 e. The Kier molecular flexibility index (Phi) is 4.05. The fourth-order valence-electron chi connectivity index (χ4n) is 1.15. The van der Waals surface area contributed by atoms with Crippen LogP contribution in [0.15, 0.2) is 18.2 Å². The summed E-state index contributed by atoms with van der Waals surface area (Å²) in [7, 11) is 1.95. The first-order chi connectivity index (χ1) is 6.56. The predicted octanol–water partition coefficient (Wildman–Crippen LogP) is 2.78. The van der Waals surface area contributed by atoms with Crippen LogP contribution in [0.2, 0.25) is 10.0 Å². The maximum absolute atomic E-state index is 6.05. The normalized spacial score (nSPS) is 12.6. The van der Waals surface area contributed by atoms with E-state index >= 15 is 0 Å². The summed E-state index contributed by atoms with van der Waals surface area (Å²) in [6.45, 7) is 2.62. The maximum atomic E-state index is 6.05. The van der Waals surface area contributed by atoms with Crippen molar-refractivity contribution in [2.24, 2.45) is 5.73 Å². The molecule has 1 atom stereocenters. The lowest BCUT2D eigenvalue weighted by atomic mass is 10.2. The molecule has 0 aliphatic carbocycles. The van der Waals surface area contributed by atoms with Gasteiger partial charge in [0.25, 0.3) is 0 Å². The van der Waals surface area contributed by atoms with Gasteiger partial charge in [0.15, 0.2) is 0 Å². The molecule has 0 aliphatic heterocycles. The number of nitrogens with two attached hydrogens (primary N) is 1. The second kappa shape index (κ2) is 4.87. The fraction of sp³-hybridized carbons (Fsp3) is 0.400. The minimum atomic E-state index is 0.242. The molecule has 0 heterocycles. The lowest BCUT2D eigenvalue weighted by Crippen LogP contribution is -2.35. The number of rotatable bonds is 3. The number of halogens is 2. The van der Waals surface area contributed by atoms with Crippen molar-refractivity contribution in [2.75, 3.05) is 18.5 Å². The van der Waals surface area contributed by atoms with E-state index in [9.17, 15) is 0 Å². The molecule has 4 heteroatoms. The number of hydrogen-bond donors (Lipinski definition) is 1. The third-order valence-electron chi connectivity index (χ3n) is 2.29. The zero-order chi connectivity index (χ0) is 10.7. The number of hydrogen-bond acceptors (Lipinski definition) is 2. The van der Waals surface area contributed by atoms with E-state index < -0.39 is 0 Å². The molecular formula is C10H14Cl2N2. The quantitative estimate of drug-likeness (QED) is 0.869. The van der Waals surface area contributed by atoms with Crippen molar-refractivity contribution in [2.45, 2.75) is 13.0 Å². The van der Waals surface area contributed by atoms with Gasteiger partial charge in [-0.2, -0.15) is 0 Å². The smallest absolute Gasteiger partial charge is 0.0640 e. The molecule has 1 aromatic carbocycles. The second-order valence-corrected chi connectivity index (χ2v) is 4.13. The first-order valence-electron chi connectivity index (χ1n) is 4.44. The number of likely N-dealkylation sites (N-methyl/N-ethyl adjacent to an activating group) is 1. The maximum Gasteiger partial charge on any atom is 0.0640 e. The van der Waals surface area contributed by atoms with Crippen molar-refractivity contribution in [3.8, 4) is 0 Å². The zero-order valence-corrected chi connectivity index (χ0v) is 9.81. The molecule has 0 radical (unpaired) electrons. The van der Waals surface area contributed by atoms with E-state index in [0.29, 0.717) is 16.6 Å². The van der Waals surface area contributed by atoms with Gasteiger partial charge >= 0.3 is 0 Å². The van der Waals surface area contributed by atoms with E-state index in [1.165, 1.54) is 0 Å². The van der Waals surface area contributed by atoms with Crippen LogP contribution in [0.25, 0.3) is 0 Å². The summed E-state index contributed by atoms with van der Waals surface area (Å²) < 4.78 is 0. The van der Waals surface area contributed by atoms with E-state index in [-0.39, 0.29) is 6.04 Å².